The van der Waals surface area contributed by atoms with Crippen molar-refractivity contribution in [3.63, 3.8) is 0 Å². The van der Waals surface area contributed by atoms with Gasteiger partial charge in [0, 0.05) is 22.7 Å². The molecule has 0 unspecified atom stereocenters. The molecule has 0 aromatic heterocycles. The van der Waals surface area contributed by atoms with Crippen LogP contribution in [-0.4, -0.2) is 12.1 Å². The number of amides is 1. The van der Waals surface area contributed by atoms with E-state index in [2.05, 4.69) is 10.5 Å². The van der Waals surface area contributed by atoms with Gasteiger partial charge in [-0.3, -0.25) is 4.79 Å². The molecule has 1 atom stereocenters. The van der Waals surface area contributed by atoms with Crippen LogP contribution in [0.25, 0.3) is 0 Å². The molecule has 0 saturated carbocycles. The van der Waals surface area contributed by atoms with Gasteiger partial charge < -0.3 is 0 Å². The van der Waals surface area contributed by atoms with E-state index in [4.69, 9.17) is 11.6 Å². The molecule has 0 heterocycles. The first-order valence-corrected chi connectivity index (χ1v) is 6.68. The van der Waals surface area contributed by atoms with Gasteiger partial charge in [-0.15, -0.1) is 0 Å². The molecule has 0 radical (unpaired) electrons. The van der Waals surface area contributed by atoms with Gasteiger partial charge in [0.15, 0.2) is 0 Å². The maximum absolute atomic E-state index is 11.8. The van der Waals surface area contributed by atoms with Gasteiger partial charge in [-0.1, -0.05) is 48.9 Å². The number of hydrazone groups is 1. The summed E-state index contributed by atoms with van der Waals surface area (Å²) in [5.74, 6) is -0.111. The van der Waals surface area contributed by atoms with Crippen molar-refractivity contribution in [2.24, 2.45) is 5.10 Å². The lowest BCUT2D eigenvalue weighted by molar-refractivity contribution is 0.0955. The molecule has 0 spiro atoms. The predicted octanol–water partition coefficient (Wildman–Crippen LogP) is 3.86. The number of nitrogens with one attached hydrogen (secondary N) is 1. The number of benzene rings is 2. The van der Waals surface area contributed by atoms with Crippen LogP contribution >= 0.6 is 11.6 Å². The van der Waals surface area contributed by atoms with Crippen molar-refractivity contribution in [1.82, 2.24) is 5.43 Å². The highest BCUT2D eigenvalue weighted by molar-refractivity contribution is 6.30. The molecular formula is C16H15ClN2O. The lowest BCUT2D eigenvalue weighted by Gasteiger charge is -2.05. The second kappa shape index (κ2) is 6.87. The Kier molecular flexibility index (Phi) is 4.91. The topological polar surface area (TPSA) is 41.5 Å². The standard InChI is InChI=1S/C16H15ClN2O/c1-12(13-5-3-2-4-6-13)11-18-19-16(20)14-7-9-15(17)10-8-14/h2-12H,1H3,(H,19,20)/b18-11-/t12-/m1/s1. The third-order valence-corrected chi connectivity index (χ3v) is 3.15. The van der Waals surface area contributed by atoms with E-state index in [-0.39, 0.29) is 11.8 Å². The summed E-state index contributed by atoms with van der Waals surface area (Å²) in [6, 6.07) is 16.6. The third-order valence-electron chi connectivity index (χ3n) is 2.90. The number of halogens is 1. The molecule has 20 heavy (non-hydrogen) atoms. The van der Waals surface area contributed by atoms with Gasteiger partial charge in [-0.25, -0.2) is 5.43 Å². The van der Waals surface area contributed by atoms with Gasteiger partial charge in [-0.2, -0.15) is 5.10 Å². The largest absolute Gasteiger partial charge is 0.271 e. The minimum absolute atomic E-state index is 0.140. The van der Waals surface area contributed by atoms with E-state index in [1.165, 1.54) is 0 Å². The Hall–Kier alpha value is -2.13. The van der Waals surface area contributed by atoms with Crippen LogP contribution in [0.5, 0.6) is 0 Å². The van der Waals surface area contributed by atoms with Crippen molar-refractivity contribution >= 4 is 23.7 Å². The fraction of sp³-hybridized carbons (Fsp3) is 0.125. The number of carbonyl (C=O) groups excluding carboxylic acids is 1. The van der Waals surface area contributed by atoms with Gasteiger partial charge in [0.2, 0.25) is 0 Å². The minimum Gasteiger partial charge on any atom is -0.267 e. The predicted molar refractivity (Wildman–Crippen MR) is 82.3 cm³/mol. The molecule has 1 N–H and O–H groups in total. The van der Waals surface area contributed by atoms with Crippen LogP contribution in [0.15, 0.2) is 59.7 Å². The minimum atomic E-state index is -0.252. The molecule has 102 valence electrons. The summed E-state index contributed by atoms with van der Waals surface area (Å²) in [6.07, 6.45) is 1.71. The zero-order valence-corrected chi connectivity index (χ0v) is 11.8. The van der Waals surface area contributed by atoms with E-state index in [1.807, 2.05) is 37.3 Å². The van der Waals surface area contributed by atoms with E-state index in [0.29, 0.717) is 10.6 Å². The molecule has 0 aliphatic carbocycles. The fourth-order valence-corrected chi connectivity index (χ4v) is 1.84. The van der Waals surface area contributed by atoms with Crippen LogP contribution < -0.4 is 5.43 Å². The average molecular weight is 287 g/mol. The van der Waals surface area contributed by atoms with Crippen LogP contribution in [0.3, 0.4) is 0 Å². The Morgan fingerprint density at radius 2 is 1.80 bits per heavy atom. The molecule has 3 nitrogen and oxygen atoms in total. The van der Waals surface area contributed by atoms with Gasteiger partial charge >= 0.3 is 0 Å². The number of rotatable bonds is 4. The summed E-state index contributed by atoms with van der Waals surface area (Å²) >= 11 is 5.77. The summed E-state index contributed by atoms with van der Waals surface area (Å²) in [5.41, 5.74) is 4.18. The smallest absolute Gasteiger partial charge is 0.267 e. The van der Waals surface area contributed by atoms with Crippen LogP contribution in [0, 0.1) is 0 Å². The average Bonchev–Trinajstić information content (AvgIpc) is 2.48. The van der Waals surface area contributed by atoms with Crippen LogP contribution in [0.4, 0.5) is 0 Å². The van der Waals surface area contributed by atoms with Crippen molar-refractivity contribution in [3.8, 4) is 0 Å². The highest BCUT2D eigenvalue weighted by atomic mass is 35.5. The molecule has 4 heteroatoms. The first-order chi connectivity index (χ1) is 9.66. The summed E-state index contributed by atoms with van der Waals surface area (Å²) in [4.78, 5) is 11.8. The monoisotopic (exact) mass is 286 g/mol. The van der Waals surface area contributed by atoms with Crippen LogP contribution in [0.1, 0.15) is 28.8 Å². The molecule has 0 aliphatic heterocycles. The van der Waals surface area contributed by atoms with Crippen molar-refractivity contribution in [2.45, 2.75) is 12.8 Å². The first-order valence-electron chi connectivity index (χ1n) is 6.31. The number of hydrogen-bond donors (Lipinski definition) is 1. The summed E-state index contributed by atoms with van der Waals surface area (Å²) in [7, 11) is 0. The molecule has 2 aromatic carbocycles. The Morgan fingerprint density at radius 3 is 2.45 bits per heavy atom. The summed E-state index contributed by atoms with van der Waals surface area (Å²) in [5, 5.41) is 4.59. The molecule has 0 saturated heterocycles. The molecule has 2 aromatic rings. The molecule has 0 aliphatic rings. The maximum Gasteiger partial charge on any atom is 0.271 e. The van der Waals surface area contributed by atoms with Crippen molar-refractivity contribution in [3.05, 3.63) is 70.7 Å². The summed E-state index contributed by atoms with van der Waals surface area (Å²) in [6.45, 7) is 2.02. The fourth-order valence-electron chi connectivity index (χ4n) is 1.72. The van der Waals surface area contributed by atoms with E-state index >= 15 is 0 Å². The Balaban J connectivity index is 1.93. The Labute approximate surface area is 123 Å². The van der Waals surface area contributed by atoms with Crippen molar-refractivity contribution in [1.29, 1.82) is 0 Å². The van der Waals surface area contributed by atoms with E-state index < -0.39 is 0 Å². The van der Waals surface area contributed by atoms with Crippen molar-refractivity contribution in [2.75, 3.05) is 0 Å². The number of carbonyl (C=O) groups is 1. The Bertz CT molecular complexity index is 594. The summed E-state index contributed by atoms with van der Waals surface area (Å²) < 4.78 is 0. The molecular weight excluding hydrogens is 272 g/mol. The third kappa shape index (κ3) is 3.93. The normalized spacial score (nSPS) is 12.3. The molecule has 1 amide bonds. The highest BCUT2D eigenvalue weighted by Gasteiger charge is 2.04. The molecule has 0 fully saturated rings. The first kappa shape index (κ1) is 14.3. The van der Waals surface area contributed by atoms with E-state index in [0.717, 1.165) is 5.56 Å². The van der Waals surface area contributed by atoms with E-state index in [9.17, 15) is 4.79 Å². The lowest BCUT2D eigenvalue weighted by atomic mass is 10.0. The zero-order valence-electron chi connectivity index (χ0n) is 11.1. The molecule has 0 bridgehead atoms. The van der Waals surface area contributed by atoms with Crippen molar-refractivity contribution < 1.29 is 4.79 Å². The SMILES string of the molecule is C[C@H](/C=N\NC(=O)c1ccc(Cl)cc1)c1ccccc1. The Morgan fingerprint density at radius 1 is 1.15 bits per heavy atom. The molecule has 2 rings (SSSR count). The second-order valence-electron chi connectivity index (χ2n) is 4.43. The van der Waals surface area contributed by atoms with Crippen LogP contribution in [0.2, 0.25) is 5.02 Å². The maximum atomic E-state index is 11.8. The second-order valence-corrected chi connectivity index (χ2v) is 4.86. The van der Waals surface area contributed by atoms with E-state index in [1.54, 1.807) is 30.5 Å². The zero-order chi connectivity index (χ0) is 14.4. The highest BCUT2D eigenvalue weighted by Crippen LogP contribution is 2.12. The lowest BCUT2D eigenvalue weighted by Crippen LogP contribution is -2.17. The van der Waals surface area contributed by atoms with Gasteiger partial charge in [0.1, 0.15) is 0 Å². The quantitative estimate of drug-likeness (QED) is 0.673. The van der Waals surface area contributed by atoms with Gasteiger partial charge in [-0.05, 0) is 29.8 Å². The number of nitrogens with zero attached hydrogens (tertiary/aromatic N) is 1. The number of hydrogen-bond acceptors (Lipinski definition) is 2. The van der Waals surface area contributed by atoms with Crippen LogP contribution in [-0.2, 0) is 0 Å². The van der Waals surface area contributed by atoms with Gasteiger partial charge in [0.25, 0.3) is 5.91 Å². The van der Waals surface area contributed by atoms with Gasteiger partial charge in [0.05, 0.1) is 0 Å².